The van der Waals surface area contributed by atoms with Crippen molar-refractivity contribution in [2.24, 2.45) is 0 Å². The molecule has 22 heavy (non-hydrogen) atoms. The van der Waals surface area contributed by atoms with Crippen molar-refractivity contribution in [1.29, 1.82) is 0 Å². The molecule has 2 aliphatic heterocycles. The van der Waals surface area contributed by atoms with Crippen LogP contribution in [0.4, 0.5) is 0 Å². The number of imide groups is 1. The van der Waals surface area contributed by atoms with E-state index in [9.17, 15) is 9.59 Å². The van der Waals surface area contributed by atoms with Crippen molar-refractivity contribution in [3.63, 3.8) is 0 Å². The molecule has 1 fully saturated rings. The highest BCUT2D eigenvalue weighted by Crippen LogP contribution is 2.22. The highest BCUT2D eigenvalue weighted by Gasteiger charge is 2.36. The van der Waals surface area contributed by atoms with E-state index in [1.807, 2.05) is 0 Å². The molecule has 5 heteroatoms. The fraction of sp³-hybridized carbons (Fsp3) is 0.412. The average Bonchev–Trinajstić information content (AvgIpc) is 2.81. The summed E-state index contributed by atoms with van der Waals surface area (Å²) < 4.78 is 0. The van der Waals surface area contributed by atoms with Crippen molar-refractivity contribution in [3.8, 4) is 11.8 Å². The molecule has 0 atom stereocenters. The molecular weight excluding hydrogens is 280 g/mol. The van der Waals surface area contributed by atoms with E-state index in [0.717, 1.165) is 18.2 Å². The maximum absolute atomic E-state index is 12.0. The molecule has 2 heterocycles. The molecule has 0 bridgehead atoms. The van der Waals surface area contributed by atoms with Crippen molar-refractivity contribution < 1.29 is 14.4 Å². The third kappa shape index (κ3) is 3.03. The Morgan fingerprint density at radius 3 is 2.23 bits per heavy atom. The first-order valence-electron chi connectivity index (χ1n) is 7.56. The van der Waals surface area contributed by atoms with Crippen molar-refractivity contribution in [3.05, 3.63) is 35.4 Å². The molecule has 0 aliphatic carbocycles. The second kappa shape index (κ2) is 6.73. The lowest BCUT2D eigenvalue weighted by Crippen LogP contribution is -2.30. The van der Waals surface area contributed by atoms with Gasteiger partial charge in [0.15, 0.2) is 0 Å². The monoisotopic (exact) mass is 298 g/mol. The third-order valence-electron chi connectivity index (χ3n) is 3.90. The number of hydrogen-bond acceptors (Lipinski definition) is 4. The van der Waals surface area contributed by atoms with Crippen LogP contribution in [0.1, 0.15) is 40.0 Å². The first-order chi connectivity index (χ1) is 10.8. The Morgan fingerprint density at radius 1 is 0.955 bits per heavy atom. The van der Waals surface area contributed by atoms with Crippen LogP contribution >= 0.6 is 0 Å². The molecular formula is C17H18N2O3. The predicted molar refractivity (Wildman–Crippen MR) is 81.0 cm³/mol. The van der Waals surface area contributed by atoms with E-state index >= 15 is 0 Å². The largest absolute Gasteiger partial charge is 0.292 e. The van der Waals surface area contributed by atoms with E-state index in [4.69, 9.17) is 4.84 Å². The maximum atomic E-state index is 12.0. The zero-order chi connectivity index (χ0) is 15.4. The van der Waals surface area contributed by atoms with Crippen molar-refractivity contribution in [2.75, 3.05) is 26.2 Å². The van der Waals surface area contributed by atoms with Crippen LogP contribution in [0.25, 0.3) is 0 Å². The first kappa shape index (κ1) is 14.8. The average molecular weight is 298 g/mol. The number of amides is 2. The van der Waals surface area contributed by atoms with Crippen molar-refractivity contribution in [2.45, 2.75) is 19.3 Å². The van der Waals surface area contributed by atoms with E-state index in [1.165, 1.54) is 19.3 Å². The van der Waals surface area contributed by atoms with Gasteiger partial charge in [-0.2, -0.15) is 0 Å². The SMILES string of the molecule is O=C1c2ccccc2C(=O)N1OCC#CCN1CCCCC1. The van der Waals surface area contributed by atoms with Crippen molar-refractivity contribution in [1.82, 2.24) is 9.96 Å². The van der Waals surface area contributed by atoms with E-state index in [0.29, 0.717) is 17.7 Å². The van der Waals surface area contributed by atoms with Gasteiger partial charge in [-0.1, -0.05) is 30.4 Å². The van der Waals surface area contributed by atoms with Gasteiger partial charge in [-0.3, -0.25) is 14.5 Å². The molecule has 0 N–H and O–H groups in total. The van der Waals surface area contributed by atoms with Crippen LogP contribution in [0.5, 0.6) is 0 Å². The van der Waals surface area contributed by atoms with Gasteiger partial charge in [-0.25, -0.2) is 4.84 Å². The Morgan fingerprint density at radius 2 is 1.59 bits per heavy atom. The van der Waals surface area contributed by atoms with Crippen LogP contribution in [0.15, 0.2) is 24.3 Å². The van der Waals surface area contributed by atoms with E-state index in [2.05, 4.69) is 16.7 Å². The zero-order valence-corrected chi connectivity index (χ0v) is 12.4. The van der Waals surface area contributed by atoms with Gasteiger partial charge < -0.3 is 0 Å². The molecule has 0 aromatic heterocycles. The van der Waals surface area contributed by atoms with Gasteiger partial charge in [-0.15, -0.1) is 5.06 Å². The van der Waals surface area contributed by atoms with Crippen LogP contribution < -0.4 is 0 Å². The molecule has 0 unspecified atom stereocenters. The second-order valence-corrected chi connectivity index (χ2v) is 5.41. The predicted octanol–water partition coefficient (Wildman–Crippen LogP) is 1.70. The quantitative estimate of drug-likeness (QED) is 0.629. The van der Waals surface area contributed by atoms with Gasteiger partial charge in [0.1, 0.15) is 6.61 Å². The molecule has 2 amide bonds. The van der Waals surface area contributed by atoms with Gasteiger partial charge >= 0.3 is 0 Å². The lowest BCUT2D eigenvalue weighted by atomic mass is 10.1. The summed E-state index contributed by atoms with van der Waals surface area (Å²) in [7, 11) is 0. The Kier molecular flexibility index (Phi) is 4.52. The third-order valence-corrected chi connectivity index (χ3v) is 3.90. The summed E-state index contributed by atoms with van der Waals surface area (Å²) in [4.78, 5) is 31.6. The van der Waals surface area contributed by atoms with E-state index in [-0.39, 0.29) is 6.61 Å². The van der Waals surface area contributed by atoms with Crippen LogP contribution in [0.2, 0.25) is 0 Å². The maximum Gasteiger partial charge on any atom is 0.285 e. The summed E-state index contributed by atoms with van der Waals surface area (Å²) in [6, 6.07) is 6.71. The number of fused-ring (bicyclic) bond motifs is 1. The Bertz CT molecular complexity index is 604. The Labute approximate surface area is 129 Å². The topological polar surface area (TPSA) is 49.9 Å². The number of hydrogen-bond donors (Lipinski definition) is 0. The summed E-state index contributed by atoms with van der Waals surface area (Å²) in [5, 5.41) is 0.806. The molecule has 1 aromatic rings. The van der Waals surface area contributed by atoms with Gasteiger partial charge in [-0.05, 0) is 38.1 Å². The lowest BCUT2D eigenvalue weighted by molar-refractivity contribution is -0.0782. The fourth-order valence-electron chi connectivity index (χ4n) is 2.72. The normalized spacial score (nSPS) is 18.1. The number of nitrogens with zero attached hydrogens (tertiary/aromatic N) is 2. The summed E-state index contributed by atoms with van der Waals surface area (Å²) in [5.41, 5.74) is 0.766. The minimum Gasteiger partial charge on any atom is -0.292 e. The fourth-order valence-corrected chi connectivity index (χ4v) is 2.72. The Balaban J connectivity index is 1.51. The molecule has 2 aliphatic rings. The molecule has 5 nitrogen and oxygen atoms in total. The molecule has 0 saturated carbocycles. The molecule has 0 radical (unpaired) electrons. The number of piperidine rings is 1. The van der Waals surface area contributed by atoms with E-state index < -0.39 is 11.8 Å². The van der Waals surface area contributed by atoms with Crippen LogP contribution in [-0.2, 0) is 4.84 Å². The Hall–Kier alpha value is -2.16. The molecule has 3 rings (SSSR count). The van der Waals surface area contributed by atoms with Crippen molar-refractivity contribution >= 4 is 11.8 Å². The summed E-state index contributed by atoms with van der Waals surface area (Å²) in [5.74, 6) is 5.06. The van der Waals surface area contributed by atoms with Gasteiger partial charge in [0.2, 0.25) is 0 Å². The summed E-state index contributed by atoms with van der Waals surface area (Å²) >= 11 is 0. The number of hydroxylamine groups is 2. The van der Waals surface area contributed by atoms with Crippen LogP contribution in [-0.4, -0.2) is 48.0 Å². The second-order valence-electron chi connectivity index (χ2n) is 5.41. The molecule has 0 spiro atoms. The highest BCUT2D eigenvalue weighted by molar-refractivity contribution is 6.20. The van der Waals surface area contributed by atoms with Gasteiger partial charge in [0.05, 0.1) is 17.7 Å². The van der Waals surface area contributed by atoms with Crippen LogP contribution in [0.3, 0.4) is 0 Å². The first-order valence-corrected chi connectivity index (χ1v) is 7.56. The minimum absolute atomic E-state index is 0.0410. The molecule has 1 saturated heterocycles. The highest BCUT2D eigenvalue weighted by atomic mass is 16.7. The standard InChI is InChI=1S/C17H18N2O3/c20-16-14-8-2-3-9-15(14)17(21)19(16)22-13-7-6-12-18-10-4-1-5-11-18/h2-3,8-9H,1,4-5,10-13H2. The number of likely N-dealkylation sites (tertiary alicyclic amines) is 1. The smallest absolute Gasteiger partial charge is 0.285 e. The number of rotatable bonds is 3. The number of carbonyl (C=O) groups excluding carboxylic acids is 2. The lowest BCUT2D eigenvalue weighted by Gasteiger charge is -2.23. The minimum atomic E-state index is -0.418. The molecule has 114 valence electrons. The van der Waals surface area contributed by atoms with E-state index in [1.54, 1.807) is 24.3 Å². The summed E-state index contributed by atoms with van der Waals surface area (Å²) in [6.45, 7) is 2.94. The van der Waals surface area contributed by atoms with Gasteiger partial charge in [0.25, 0.3) is 11.8 Å². The number of benzene rings is 1. The molecule has 1 aromatic carbocycles. The summed E-state index contributed by atoms with van der Waals surface area (Å²) in [6.07, 6.45) is 3.76. The zero-order valence-electron chi connectivity index (χ0n) is 12.4. The number of carbonyl (C=O) groups is 2. The van der Waals surface area contributed by atoms with Gasteiger partial charge in [0, 0.05) is 0 Å². The van der Waals surface area contributed by atoms with Crippen LogP contribution in [0, 0.1) is 11.8 Å².